The van der Waals surface area contributed by atoms with Gasteiger partial charge in [0.2, 0.25) is 0 Å². The highest BCUT2D eigenvalue weighted by Crippen LogP contribution is 2.25. The zero-order valence-corrected chi connectivity index (χ0v) is 24.3. The normalized spacial score (nSPS) is 11.7. The summed E-state index contributed by atoms with van der Waals surface area (Å²) < 4.78 is 17.7. The number of hydrogen-bond donors (Lipinski definition) is 3. The number of nitrogens with two attached hydrogens (primary N) is 1. The average Bonchev–Trinajstić information content (AvgIpc) is 3.59. The summed E-state index contributed by atoms with van der Waals surface area (Å²) >= 11 is 0. The lowest BCUT2D eigenvalue weighted by Gasteiger charge is -2.25. The Labute approximate surface area is 256 Å². The molecule has 0 aliphatic rings. The smallest absolute Gasteiger partial charge is 0.252 e. The maximum absolute atomic E-state index is 12.2. The van der Waals surface area contributed by atoms with Gasteiger partial charge in [-0.3, -0.25) is 9.69 Å². The van der Waals surface area contributed by atoms with Gasteiger partial charge in [0.05, 0.1) is 5.56 Å². The molecule has 1 amide bonds. The highest BCUT2D eigenvalue weighted by atomic mass is 16.5. The van der Waals surface area contributed by atoms with Crippen LogP contribution >= 0.6 is 0 Å². The number of aromatic amines is 1. The van der Waals surface area contributed by atoms with Gasteiger partial charge in [0, 0.05) is 37.6 Å². The Morgan fingerprint density at radius 3 is 2.25 bits per heavy atom. The van der Waals surface area contributed by atoms with Gasteiger partial charge >= 0.3 is 0 Å². The number of imidazole rings is 1. The molecule has 44 heavy (non-hydrogen) atoms. The van der Waals surface area contributed by atoms with Gasteiger partial charge in [-0.1, -0.05) is 60.7 Å². The summed E-state index contributed by atoms with van der Waals surface area (Å²) in [7, 11) is 0. The van der Waals surface area contributed by atoms with Gasteiger partial charge in [-0.2, -0.15) is 0 Å². The lowest BCUT2D eigenvalue weighted by atomic mass is 10.1. The summed E-state index contributed by atoms with van der Waals surface area (Å²) in [4.78, 5) is 21.6. The Kier molecular flexibility index (Phi) is 10.6. The van der Waals surface area contributed by atoms with E-state index in [4.69, 9.17) is 19.9 Å². The summed E-state index contributed by atoms with van der Waals surface area (Å²) in [5.41, 5.74) is 8.95. The Morgan fingerprint density at radius 2 is 1.57 bits per heavy atom. The van der Waals surface area contributed by atoms with Gasteiger partial charge in [0.25, 0.3) is 5.91 Å². The number of amides is 1. The van der Waals surface area contributed by atoms with Gasteiger partial charge in [0.1, 0.15) is 49.0 Å². The van der Waals surface area contributed by atoms with Gasteiger partial charge in [0.15, 0.2) is 0 Å². The summed E-state index contributed by atoms with van der Waals surface area (Å²) in [5.74, 6) is 1.76. The van der Waals surface area contributed by atoms with Crippen LogP contribution in [-0.4, -0.2) is 58.3 Å². The topological polar surface area (TPSA) is 123 Å². The number of carbonyl (C=O) groups is 1. The van der Waals surface area contributed by atoms with Crippen LogP contribution in [0.1, 0.15) is 21.5 Å². The third kappa shape index (κ3) is 8.94. The van der Waals surface area contributed by atoms with Gasteiger partial charge < -0.3 is 30.0 Å². The van der Waals surface area contributed by atoms with Crippen molar-refractivity contribution >= 4 is 5.91 Å². The molecule has 0 saturated heterocycles. The zero-order valence-electron chi connectivity index (χ0n) is 24.3. The molecule has 9 heteroatoms. The molecule has 1 unspecified atom stereocenters. The highest BCUT2D eigenvalue weighted by molar-refractivity contribution is 5.96. The number of carbonyl (C=O) groups excluding carboxylic acids is 1. The summed E-state index contributed by atoms with van der Waals surface area (Å²) in [6.07, 6.45) is 2.75. The number of aromatic nitrogens is 2. The number of hydrogen-bond acceptors (Lipinski definition) is 7. The van der Waals surface area contributed by atoms with E-state index in [1.807, 2.05) is 84.9 Å². The molecule has 0 fully saturated rings. The summed E-state index contributed by atoms with van der Waals surface area (Å²) in [5, 5.41) is 10.9. The first-order valence-corrected chi connectivity index (χ1v) is 14.4. The molecule has 5 aromatic rings. The minimum Gasteiger partial charge on any atom is -0.492 e. The number of nitrogens with one attached hydrogen (secondary N) is 1. The monoisotopic (exact) mass is 592 g/mol. The van der Waals surface area contributed by atoms with Crippen LogP contribution in [0.2, 0.25) is 0 Å². The van der Waals surface area contributed by atoms with E-state index in [0.29, 0.717) is 50.1 Å². The summed E-state index contributed by atoms with van der Waals surface area (Å²) in [6, 6.07) is 32.4. The third-order valence-electron chi connectivity index (χ3n) is 6.92. The number of nitrogens with zero attached hydrogens (tertiary/aromatic N) is 2. The SMILES string of the molecule is NC(=O)c1cc(OCCN(Cc2ccccc2)CC(O)COc2ccc(-c3ncc[nH]3)cc2)ccc1OCc1ccccc1. The first-order valence-electron chi connectivity index (χ1n) is 14.4. The zero-order chi connectivity index (χ0) is 30.6. The van der Waals surface area contributed by atoms with Crippen LogP contribution in [0.15, 0.2) is 116 Å². The molecule has 0 radical (unpaired) electrons. The molecule has 5 rings (SSSR count). The van der Waals surface area contributed by atoms with Crippen molar-refractivity contribution in [3.8, 4) is 28.6 Å². The Morgan fingerprint density at radius 1 is 0.864 bits per heavy atom. The van der Waals surface area contributed by atoms with E-state index in [0.717, 1.165) is 22.5 Å². The second-order valence-corrected chi connectivity index (χ2v) is 10.3. The number of ether oxygens (including phenoxy) is 3. The molecule has 0 aliphatic carbocycles. The van der Waals surface area contributed by atoms with Crippen molar-refractivity contribution in [2.24, 2.45) is 5.73 Å². The van der Waals surface area contributed by atoms with E-state index in [1.165, 1.54) is 0 Å². The molecule has 226 valence electrons. The van der Waals surface area contributed by atoms with Crippen molar-refractivity contribution < 1.29 is 24.1 Å². The average molecular weight is 593 g/mol. The second-order valence-electron chi connectivity index (χ2n) is 10.3. The van der Waals surface area contributed by atoms with Crippen LogP contribution in [0.25, 0.3) is 11.4 Å². The molecule has 1 atom stereocenters. The van der Waals surface area contributed by atoms with Crippen molar-refractivity contribution in [3.05, 3.63) is 132 Å². The molecular formula is C35H36N4O5. The van der Waals surface area contributed by atoms with Crippen LogP contribution in [0, 0.1) is 0 Å². The maximum Gasteiger partial charge on any atom is 0.252 e. The summed E-state index contributed by atoms with van der Waals surface area (Å²) in [6.45, 7) is 2.31. The molecule has 9 nitrogen and oxygen atoms in total. The molecule has 1 aromatic heterocycles. The second kappa shape index (κ2) is 15.4. The van der Waals surface area contributed by atoms with Crippen LogP contribution in [-0.2, 0) is 13.2 Å². The molecule has 0 bridgehead atoms. The first-order chi connectivity index (χ1) is 21.5. The fourth-order valence-electron chi connectivity index (χ4n) is 4.70. The van der Waals surface area contributed by atoms with Crippen molar-refractivity contribution in [1.29, 1.82) is 0 Å². The highest BCUT2D eigenvalue weighted by Gasteiger charge is 2.16. The Hall–Kier alpha value is -5.12. The van der Waals surface area contributed by atoms with E-state index in [1.54, 1.807) is 30.6 Å². The van der Waals surface area contributed by atoms with Gasteiger partial charge in [-0.25, -0.2) is 4.98 Å². The number of H-pyrrole nitrogens is 1. The predicted octanol–water partition coefficient (Wildman–Crippen LogP) is 5.08. The number of rotatable bonds is 16. The Balaban J connectivity index is 1.16. The maximum atomic E-state index is 12.2. The predicted molar refractivity (Wildman–Crippen MR) is 168 cm³/mol. The largest absolute Gasteiger partial charge is 0.492 e. The lowest BCUT2D eigenvalue weighted by molar-refractivity contribution is 0.0605. The van der Waals surface area contributed by atoms with E-state index >= 15 is 0 Å². The molecule has 1 heterocycles. The number of primary amides is 1. The molecule has 4 aromatic carbocycles. The van der Waals surface area contributed by atoms with Crippen molar-refractivity contribution in [2.45, 2.75) is 19.3 Å². The van der Waals surface area contributed by atoms with E-state index < -0.39 is 12.0 Å². The molecule has 0 saturated carbocycles. The van der Waals surface area contributed by atoms with E-state index in [2.05, 4.69) is 14.9 Å². The number of benzene rings is 4. The molecule has 0 spiro atoms. The Bertz CT molecular complexity index is 1580. The lowest BCUT2D eigenvalue weighted by Crippen LogP contribution is -2.37. The number of aliphatic hydroxyl groups excluding tert-OH is 1. The molecule has 4 N–H and O–H groups in total. The van der Waals surface area contributed by atoms with E-state index in [9.17, 15) is 9.90 Å². The van der Waals surface area contributed by atoms with Crippen LogP contribution in [0.5, 0.6) is 17.2 Å². The quantitative estimate of drug-likeness (QED) is 0.146. The van der Waals surface area contributed by atoms with E-state index in [-0.39, 0.29) is 12.2 Å². The van der Waals surface area contributed by atoms with Crippen molar-refractivity contribution in [2.75, 3.05) is 26.3 Å². The van der Waals surface area contributed by atoms with Crippen molar-refractivity contribution in [1.82, 2.24) is 14.9 Å². The van der Waals surface area contributed by atoms with Gasteiger partial charge in [-0.05, 0) is 53.6 Å². The standard InChI is InChI=1S/C35H36N4O5/c36-34(41)32-21-31(15-16-33(32)44-24-27-9-5-2-6-10-27)42-20-19-39(22-26-7-3-1-4-8-26)23-29(40)25-43-30-13-11-28(12-14-30)35-37-17-18-38-35/h1-18,21,29,40H,19-20,22-25H2,(H2,36,41)(H,37,38). The third-order valence-corrected chi connectivity index (χ3v) is 6.92. The van der Waals surface area contributed by atoms with Crippen LogP contribution in [0.4, 0.5) is 0 Å². The van der Waals surface area contributed by atoms with Crippen molar-refractivity contribution in [3.63, 3.8) is 0 Å². The molecular weight excluding hydrogens is 556 g/mol. The fraction of sp³-hybridized carbons (Fsp3) is 0.200. The number of aliphatic hydroxyl groups is 1. The van der Waals surface area contributed by atoms with Gasteiger partial charge in [-0.15, -0.1) is 0 Å². The minimum atomic E-state index is -0.731. The van der Waals surface area contributed by atoms with Crippen LogP contribution in [0.3, 0.4) is 0 Å². The van der Waals surface area contributed by atoms with Crippen LogP contribution < -0.4 is 19.9 Å². The first kappa shape index (κ1) is 30.3. The molecule has 0 aliphatic heterocycles. The fourth-order valence-corrected chi connectivity index (χ4v) is 4.70. The minimum absolute atomic E-state index is 0.138.